The minimum atomic E-state index is -0.227. The third-order valence-corrected chi connectivity index (χ3v) is 4.94. The van der Waals surface area contributed by atoms with E-state index in [2.05, 4.69) is 42.5 Å². The van der Waals surface area contributed by atoms with Crippen LogP contribution in [0.25, 0.3) is 0 Å². The Bertz CT molecular complexity index is 394. The summed E-state index contributed by atoms with van der Waals surface area (Å²) in [6.07, 6.45) is 0. The molecular formula is C12H9ClTe. The summed E-state index contributed by atoms with van der Waals surface area (Å²) in [5.41, 5.74) is 0. The van der Waals surface area contributed by atoms with Crippen LogP contribution in [-0.4, -0.2) is 20.9 Å². The van der Waals surface area contributed by atoms with Gasteiger partial charge in [0.15, 0.2) is 0 Å². The summed E-state index contributed by atoms with van der Waals surface area (Å²) in [5, 5.41) is 0.814. The van der Waals surface area contributed by atoms with Crippen molar-refractivity contribution in [2.45, 2.75) is 0 Å². The standard InChI is InChI=1S/C12H9ClTe/c13-10-6-8-12(9-7-10)14-11-4-2-1-3-5-11/h1-9H. The van der Waals surface area contributed by atoms with Gasteiger partial charge in [0.25, 0.3) is 0 Å². The third-order valence-electron chi connectivity index (χ3n) is 1.79. The van der Waals surface area contributed by atoms with Crippen LogP contribution in [0.3, 0.4) is 0 Å². The molecule has 0 aliphatic heterocycles. The van der Waals surface area contributed by atoms with Gasteiger partial charge in [-0.05, 0) is 0 Å². The van der Waals surface area contributed by atoms with E-state index in [1.807, 2.05) is 12.1 Å². The van der Waals surface area contributed by atoms with E-state index in [1.165, 1.54) is 7.22 Å². The van der Waals surface area contributed by atoms with Crippen molar-refractivity contribution >= 4 is 39.7 Å². The Morgan fingerprint density at radius 1 is 0.714 bits per heavy atom. The zero-order chi connectivity index (χ0) is 9.80. The predicted octanol–water partition coefficient (Wildman–Crippen LogP) is 1.99. The van der Waals surface area contributed by atoms with Crippen LogP contribution in [0.5, 0.6) is 0 Å². The second kappa shape index (κ2) is 4.84. The maximum absolute atomic E-state index is 5.83. The van der Waals surface area contributed by atoms with Crippen LogP contribution in [0.4, 0.5) is 0 Å². The molecule has 0 nitrogen and oxygen atoms in total. The molecule has 14 heavy (non-hydrogen) atoms. The molecule has 0 saturated carbocycles. The van der Waals surface area contributed by atoms with Crippen LogP contribution in [0.1, 0.15) is 0 Å². The van der Waals surface area contributed by atoms with Gasteiger partial charge in [-0.2, -0.15) is 0 Å². The first-order chi connectivity index (χ1) is 6.84. The van der Waals surface area contributed by atoms with Gasteiger partial charge in [-0.15, -0.1) is 0 Å². The SMILES string of the molecule is Clc1ccc([Te]c2ccccc2)cc1. The van der Waals surface area contributed by atoms with Gasteiger partial charge in [0.1, 0.15) is 0 Å². The summed E-state index contributed by atoms with van der Waals surface area (Å²) < 4.78 is 2.88. The van der Waals surface area contributed by atoms with E-state index in [0.29, 0.717) is 0 Å². The first kappa shape index (κ1) is 10.1. The van der Waals surface area contributed by atoms with Gasteiger partial charge >= 0.3 is 99.4 Å². The van der Waals surface area contributed by atoms with Gasteiger partial charge in [0.05, 0.1) is 0 Å². The van der Waals surface area contributed by atoms with Crippen LogP contribution in [0.15, 0.2) is 54.6 Å². The molecule has 0 fully saturated rings. The van der Waals surface area contributed by atoms with E-state index in [0.717, 1.165) is 5.02 Å². The molecule has 2 rings (SSSR count). The molecule has 2 aromatic rings. The number of hydrogen-bond donors (Lipinski definition) is 0. The summed E-state index contributed by atoms with van der Waals surface area (Å²) in [4.78, 5) is 0. The molecule has 0 N–H and O–H groups in total. The Hall–Kier alpha value is -0.480. The molecule has 0 spiro atoms. The zero-order valence-electron chi connectivity index (χ0n) is 7.48. The number of halogens is 1. The second-order valence-electron chi connectivity index (χ2n) is 2.87. The van der Waals surface area contributed by atoms with Gasteiger partial charge < -0.3 is 0 Å². The van der Waals surface area contributed by atoms with Crippen LogP contribution >= 0.6 is 11.6 Å². The van der Waals surface area contributed by atoms with Crippen molar-refractivity contribution in [1.29, 1.82) is 0 Å². The molecule has 0 atom stereocenters. The van der Waals surface area contributed by atoms with Crippen molar-refractivity contribution < 1.29 is 0 Å². The van der Waals surface area contributed by atoms with Crippen molar-refractivity contribution in [3.63, 3.8) is 0 Å². The van der Waals surface area contributed by atoms with Crippen LogP contribution in [-0.2, 0) is 0 Å². The van der Waals surface area contributed by atoms with Gasteiger partial charge in [-0.1, -0.05) is 0 Å². The topological polar surface area (TPSA) is 0 Å². The molecule has 0 unspecified atom stereocenters. The van der Waals surface area contributed by atoms with E-state index < -0.39 is 0 Å². The average molecular weight is 316 g/mol. The van der Waals surface area contributed by atoms with Crippen molar-refractivity contribution in [3.05, 3.63) is 59.6 Å². The Balaban J connectivity index is 2.16. The zero-order valence-corrected chi connectivity index (χ0v) is 10.6. The molecule has 0 heterocycles. The van der Waals surface area contributed by atoms with E-state index >= 15 is 0 Å². The van der Waals surface area contributed by atoms with E-state index in [4.69, 9.17) is 11.6 Å². The van der Waals surface area contributed by atoms with E-state index in [9.17, 15) is 0 Å². The van der Waals surface area contributed by atoms with Crippen molar-refractivity contribution in [2.75, 3.05) is 0 Å². The molecule has 70 valence electrons. The van der Waals surface area contributed by atoms with Gasteiger partial charge in [0.2, 0.25) is 0 Å². The van der Waals surface area contributed by atoms with E-state index in [1.54, 1.807) is 0 Å². The number of benzene rings is 2. The molecule has 0 aliphatic carbocycles. The van der Waals surface area contributed by atoms with Crippen LogP contribution in [0, 0.1) is 0 Å². The second-order valence-corrected chi connectivity index (χ2v) is 6.58. The Labute approximate surface area is 99.0 Å². The molecule has 0 radical (unpaired) electrons. The molecule has 0 saturated heterocycles. The average Bonchev–Trinajstić information content (AvgIpc) is 2.23. The summed E-state index contributed by atoms with van der Waals surface area (Å²) in [6, 6.07) is 18.8. The predicted molar refractivity (Wildman–Crippen MR) is 62.9 cm³/mol. The Morgan fingerprint density at radius 3 is 1.93 bits per heavy atom. The first-order valence-corrected chi connectivity index (χ1v) is 7.04. The summed E-state index contributed by atoms with van der Waals surface area (Å²) in [6.45, 7) is 0. The molecule has 2 aromatic carbocycles. The maximum atomic E-state index is 5.83. The van der Waals surface area contributed by atoms with Crippen molar-refractivity contribution in [3.8, 4) is 0 Å². The van der Waals surface area contributed by atoms with Gasteiger partial charge in [-0.25, -0.2) is 0 Å². The van der Waals surface area contributed by atoms with E-state index in [-0.39, 0.29) is 20.9 Å². The van der Waals surface area contributed by atoms with Crippen molar-refractivity contribution in [2.24, 2.45) is 0 Å². The molecule has 0 aromatic heterocycles. The van der Waals surface area contributed by atoms with Crippen LogP contribution < -0.4 is 7.22 Å². The van der Waals surface area contributed by atoms with Crippen LogP contribution in [0.2, 0.25) is 5.02 Å². The van der Waals surface area contributed by atoms with Gasteiger partial charge in [-0.3, -0.25) is 0 Å². The third kappa shape index (κ3) is 2.75. The molecule has 0 amide bonds. The minimum absolute atomic E-state index is 0.227. The summed E-state index contributed by atoms with van der Waals surface area (Å²) >= 11 is 5.60. The molecule has 0 bridgehead atoms. The fraction of sp³-hybridized carbons (Fsp3) is 0. The Morgan fingerprint density at radius 2 is 1.29 bits per heavy atom. The number of hydrogen-bond acceptors (Lipinski definition) is 0. The monoisotopic (exact) mass is 318 g/mol. The van der Waals surface area contributed by atoms with Crippen molar-refractivity contribution in [1.82, 2.24) is 0 Å². The summed E-state index contributed by atoms with van der Waals surface area (Å²) in [7, 11) is 0. The fourth-order valence-corrected chi connectivity index (χ4v) is 3.64. The molecular weight excluding hydrogens is 307 g/mol. The van der Waals surface area contributed by atoms with Gasteiger partial charge in [0, 0.05) is 0 Å². The molecule has 2 heteroatoms. The first-order valence-electron chi connectivity index (χ1n) is 4.33. The normalized spacial score (nSPS) is 10.1. The summed E-state index contributed by atoms with van der Waals surface area (Å²) in [5.74, 6) is 0. The quantitative estimate of drug-likeness (QED) is 0.744. The Kier molecular flexibility index (Phi) is 3.48. The molecule has 0 aliphatic rings. The fourth-order valence-electron chi connectivity index (χ4n) is 1.13. The number of rotatable bonds is 2.